The maximum Gasteiger partial charge on any atom is 0.416 e. The molecule has 0 heterocycles. The first kappa shape index (κ1) is 28.7. The van der Waals surface area contributed by atoms with Gasteiger partial charge in [0.05, 0.1) is 12.7 Å². The van der Waals surface area contributed by atoms with Crippen molar-refractivity contribution < 1.29 is 37.0 Å². The van der Waals surface area contributed by atoms with E-state index in [2.05, 4.69) is 10.6 Å². The number of rotatable bonds is 9. The average molecular weight is 509 g/mol. The highest BCUT2D eigenvalue weighted by atomic mass is 19.4. The van der Waals surface area contributed by atoms with E-state index in [1.807, 2.05) is 6.07 Å². The van der Waals surface area contributed by atoms with Crippen LogP contribution in [0.25, 0.3) is 0 Å². The smallest absolute Gasteiger partial charge is 0.416 e. The number of halogens is 3. The Morgan fingerprint density at radius 1 is 0.861 bits per heavy atom. The van der Waals surface area contributed by atoms with Crippen LogP contribution in [0.1, 0.15) is 43.9 Å². The fourth-order valence-electron chi connectivity index (χ4n) is 3.35. The van der Waals surface area contributed by atoms with E-state index in [0.29, 0.717) is 5.56 Å². The number of aryl methyl sites for hydroxylation is 1. The fourth-order valence-corrected chi connectivity index (χ4v) is 3.35. The molecule has 0 aliphatic heterocycles. The van der Waals surface area contributed by atoms with Gasteiger partial charge >= 0.3 is 18.2 Å². The average Bonchev–Trinajstić information content (AvgIpc) is 2.80. The number of nitrogens with one attached hydrogen (secondary N) is 2. The minimum atomic E-state index is -4.46. The summed E-state index contributed by atoms with van der Waals surface area (Å²) in [7, 11) is 1.20. The molecule has 0 spiro atoms. The van der Waals surface area contributed by atoms with E-state index in [0.717, 1.165) is 17.7 Å². The fraction of sp³-hybridized carbons (Fsp3) is 0.423. The number of benzene rings is 2. The Bertz CT molecular complexity index is 1020. The van der Waals surface area contributed by atoms with Gasteiger partial charge in [-0.05, 0) is 56.9 Å². The van der Waals surface area contributed by atoms with Crippen LogP contribution in [0.15, 0.2) is 54.6 Å². The molecule has 0 saturated carbocycles. The van der Waals surface area contributed by atoms with Crippen molar-refractivity contribution in [3.8, 4) is 0 Å². The standard InChI is InChI=1S/C26H31F3N2O5/c1-25(2,3)36-24(34)31-20(15-12-17-10-13-19(14-11-17)26(27,28)29)22(32)30-21(23(33)35-4)16-18-8-6-5-7-9-18/h5-11,13-14,20-21H,12,15-16H2,1-4H3,(H,30,32)(H,31,34)/t20-,21-/m1/s1. The first-order chi connectivity index (χ1) is 16.8. The monoisotopic (exact) mass is 508 g/mol. The number of carbonyl (C=O) groups is 3. The van der Waals surface area contributed by atoms with Gasteiger partial charge in [-0.1, -0.05) is 42.5 Å². The van der Waals surface area contributed by atoms with Gasteiger partial charge in [0.15, 0.2) is 0 Å². The number of esters is 1. The van der Waals surface area contributed by atoms with Gasteiger partial charge in [-0.3, -0.25) is 4.79 Å². The number of alkyl halides is 3. The maximum atomic E-state index is 13.1. The molecule has 0 aliphatic rings. The molecule has 2 aromatic carbocycles. The van der Waals surface area contributed by atoms with Crippen molar-refractivity contribution in [2.75, 3.05) is 7.11 Å². The maximum absolute atomic E-state index is 13.1. The highest BCUT2D eigenvalue weighted by molar-refractivity contribution is 5.89. The quantitative estimate of drug-likeness (QED) is 0.489. The molecule has 10 heteroatoms. The van der Waals surface area contributed by atoms with Gasteiger partial charge in [0.2, 0.25) is 5.91 Å². The van der Waals surface area contributed by atoms with Crippen LogP contribution in [0.2, 0.25) is 0 Å². The highest BCUT2D eigenvalue weighted by Crippen LogP contribution is 2.29. The second kappa shape index (κ2) is 12.4. The van der Waals surface area contributed by atoms with Crippen molar-refractivity contribution in [1.29, 1.82) is 0 Å². The lowest BCUT2D eigenvalue weighted by atomic mass is 10.0. The summed E-state index contributed by atoms with van der Waals surface area (Å²) < 4.78 is 48.6. The summed E-state index contributed by atoms with van der Waals surface area (Å²) >= 11 is 0. The van der Waals surface area contributed by atoms with Crippen LogP contribution in [0.5, 0.6) is 0 Å². The van der Waals surface area contributed by atoms with Gasteiger partial charge in [-0.25, -0.2) is 9.59 Å². The Morgan fingerprint density at radius 3 is 2.00 bits per heavy atom. The highest BCUT2D eigenvalue weighted by Gasteiger charge is 2.31. The van der Waals surface area contributed by atoms with Crippen LogP contribution in [0.3, 0.4) is 0 Å². The molecule has 0 radical (unpaired) electrons. The molecular formula is C26H31F3N2O5. The van der Waals surface area contributed by atoms with Crippen molar-refractivity contribution in [3.05, 3.63) is 71.3 Å². The lowest BCUT2D eigenvalue weighted by Crippen LogP contribution is -2.53. The predicted octanol–water partition coefficient (Wildman–Crippen LogP) is 4.43. The predicted molar refractivity (Wildman–Crippen MR) is 127 cm³/mol. The van der Waals surface area contributed by atoms with Gasteiger partial charge in [-0.15, -0.1) is 0 Å². The molecule has 2 rings (SSSR count). The van der Waals surface area contributed by atoms with Crippen LogP contribution in [0, 0.1) is 0 Å². The molecule has 2 atom stereocenters. The van der Waals surface area contributed by atoms with Gasteiger partial charge < -0.3 is 20.1 Å². The zero-order valence-electron chi connectivity index (χ0n) is 20.6. The number of carbonyl (C=O) groups excluding carboxylic acids is 3. The molecule has 0 bridgehead atoms. The summed E-state index contributed by atoms with van der Waals surface area (Å²) in [5.41, 5.74) is -0.273. The first-order valence-corrected chi connectivity index (χ1v) is 11.4. The molecule has 2 N–H and O–H groups in total. The largest absolute Gasteiger partial charge is 0.467 e. The summed E-state index contributed by atoms with van der Waals surface area (Å²) in [4.78, 5) is 37.8. The molecule has 2 amide bonds. The Labute approximate surface area is 208 Å². The van der Waals surface area contributed by atoms with Crippen molar-refractivity contribution in [3.63, 3.8) is 0 Å². The van der Waals surface area contributed by atoms with Gasteiger partial charge in [-0.2, -0.15) is 13.2 Å². The Kier molecular flexibility index (Phi) is 9.89. The SMILES string of the molecule is COC(=O)[C@@H](Cc1ccccc1)NC(=O)[C@@H](CCc1ccc(C(F)(F)F)cc1)NC(=O)OC(C)(C)C. The summed E-state index contributed by atoms with van der Waals surface area (Å²) in [6.07, 6.45) is -4.89. The Morgan fingerprint density at radius 2 is 1.47 bits per heavy atom. The van der Waals surface area contributed by atoms with Crippen LogP contribution in [-0.2, 0) is 38.1 Å². The molecule has 0 aliphatic carbocycles. The minimum Gasteiger partial charge on any atom is -0.467 e. The first-order valence-electron chi connectivity index (χ1n) is 11.4. The van der Waals surface area contributed by atoms with E-state index in [4.69, 9.17) is 9.47 Å². The van der Waals surface area contributed by atoms with Crippen LogP contribution < -0.4 is 10.6 Å². The lowest BCUT2D eigenvalue weighted by molar-refractivity contribution is -0.145. The number of amides is 2. The van der Waals surface area contributed by atoms with Crippen LogP contribution >= 0.6 is 0 Å². The lowest BCUT2D eigenvalue weighted by Gasteiger charge is -2.25. The molecule has 36 heavy (non-hydrogen) atoms. The Hall–Kier alpha value is -3.56. The second-order valence-electron chi connectivity index (χ2n) is 9.21. The van der Waals surface area contributed by atoms with Crippen molar-refractivity contribution >= 4 is 18.0 Å². The summed E-state index contributed by atoms with van der Waals surface area (Å²) in [5, 5.41) is 5.12. The van der Waals surface area contributed by atoms with Gasteiger partial charge in [0.25, 0.3) is 0 Å². The minimum absolute atomic E-state index is 0.0513. The van der Waals surface area contributed by atoms with Crippen molar-refractivity contribution in [2.24, 2.45) is 0 Å². The third-order valence-electron chi connectivity index (χ3n) is 5.10. The number of alkyl carbamates (subject to hydrolysis) is 1. The van der Waals surface area contributed by atoms with E-state index in [9.17, 15) is 27.6 Å². The number of hydrogen-bond acceptors (Lipinski definition) is 5. The van der Waals surface area contributed by atoms with E-state index in [-0.39, 0.29) is 19.3 Å². The number of methoxy groups -OCH3 is 1. The molecule has 0 aromatic heterocycles. The molecule has 2 aromatic rings. The van der Waals surface area contributed by atoms with Crippen molar-refractivity contribution in [1.82, 2.24) is 10.6 Å². The van der Waals surface area contributed by atoms with Gasteiger partial charge in [0.1, 0.15) is 17.7 Å². The third-order valence-corrected chi connectivity index (χ3v) is 5.10. The van der Waals surface area contributed by atoms with E-state index in [1.165, 1.54) is 19.2 Å². The molecule has 0 unspecified atom stereocenters. The van der Waals surface area contributed by atoms with E-state index < -0.39 is 47.4 Å². The van der Waals surface area contributed by atoms with Crippen LogP contribution in [-0.4, -0.2) is 42.8 Å². The topological polar surface area (TPSA) is 93.7 Å². The molecule has 7 nitrogen and oxygen atoms in total. The number of ether oxygens (including phenoxy) is 2. The van der Waals surface area contributed by atoms with Crippen molar-refractivity contribution in [2.45, 2.75) is 63.9 Å². The van der Waals surface area contributed by atoms with E-state index >= 15 is 0 Å². The van der Waals surface area contributed by atoms with Crippen LogP contribution in [0.4, 0.5) is 18.0 Å². The molecule has 196 valence electrons. The zero-order valence-corrected chi connectivity index (χ0v) is 20.6. The summed E-state index contributed by atoms with van der Waals surface area (Å²) in [5.74, 6) is -1.31. The zero-order chi connectivity index (χ0) is 26.9. The normalized spacial score (nSPS) is 13.3. The summed E-state index contributed by atoms with van der Waals surface area (Å²) in [6, 6.07) is 11.4. The summed E-state index contributed by atoms with van der Waals surface area (Å²) in [6.45, 7) is 4.99. The molecular weight excluding hydrogens is 477 g/mol. The molecule has 0 saturated heterocycles. The Balaban J connectivity index is 2.17. The number of hydrogen-bond donors (Lipinski definition) is 2. The second-order valence-corrected chi connectivity index (χ2v) is 9.21. The van der Waals surface area contributed by atoms with Gasteiger partial charge in [0, 0.05) is 6.42 Å². The molecule has 0 fully saturated rings. The van der Waals surface area contributed by atoms with E-state index in [1.54, 1.807) is 45.0 Å². The third kappa shape index (κ3) is 9.59.